The smallest absolute Gasteiger partial charge is 0.430 e. The average Bonchev–Trinajstić information content (AvgIpc) is 3.01. The number of Topliss-reactive ketones (excluding diaryl/α,β-unsaturated/α-hetero) is 1. The fourth-order valence-electron chi connectivity index (χ4n) is 4.71. The molecule has 0 saturated heterocycles. The number of hydrogen-bond acceptors (Lipinski definition) is 4. The number of carbonyl (C=O) groups is 1. The Kier molecular flexibility index (Phi) is 11.0. The fraction of sp³-hybridized carbons (Fsp3) is 0.265. The highest BCUT2D eigenvalue weighted by atomic mass is 79.9. The fourth-order valence-corrected chi connectivity index (χ4v) is 5.02. The number of hydrogen-bond donors (Lipinski definition) is 0. The molecule has 0 aliphatic carbocycles. The Morgan fingerprint density at radius 3 is 1.89 bits per heavy atom. The highest BCUT2D eigenvalue weighted by Gasteiger charge is 2.73. The molecule has 4 aromatic carbocycles. The van der Waals surface area contributed by atoms with Crippen LogP contribution in [0.3, 0.4) is 0 Å². The molecule has 4 aromatic rings. The van der Waals surface area contributed by atoms with Gasteiger partial charge in [-0.3, -0.25) is 4.79 Å². The van der Waals surface area contributed by atoms with Crippen LogP contribution >= 0.6 is 15.9 Å². The van der Waals surface area contributed by atoms with Gasteiger partial charge in [0.2, 0.25) is 0 Å². The van der Waals surface area contributed by atoms with Crippen molar-refractivity contribution in [3.8, 4) is 17.2 Å². The molecule has 0 bridgehead atoms. The lowest BCUT2D eigenvalue weighted by atomic mass is 9.89. The van der Waals surface area contributed by atoms with Crippen molar-refractivity contribution in [1.82, 2.24) is 0 Å². The monoisotopic (exact) mass is 694 g/mol. The maximum atomic E-state index is 14.5. The highest BCUT2D eigenvalue weighted by molar-refractivity contribution is 9.09. The summed E-state index contributed by atoms with van der Waals surface area (Å²) in [5, 5.41) is 0.0313. The zero-order valence-corrected chi connectivity index (χ0v) is 25.6. The Bertz CT molecular complexity index is 1560. The molecular formula is C34H29BrF6O4. The van der Waals surface area contributed by atoms with Crippen LogP contribution in [0.25, 0.3) is 0 Å². The first-order valence-electron chi connectivity index (χ1n) is 13.9. The van der Waals surface area contributed by atoms with Crippen LogP contribution in [0.1, 0.15) is 46.0 Å². The largest absolute Gasteiger partial charge is 0.488 e. The minimum Gasteiger partial charge on any atom is -0.488 e. The van der Waals surface area contributed by atoms with E-state index >= 15 is 0 Å². The zero-order valence-electron chi connectivity index (χ0n) is 24.1. The first-order valence-corrected chi connectivity index (χ1v) is 15.0. The molecule has 0 atom stereocenters. The summed E-state index contributed by atoms with van der Waals surface area (Å²) in [4.78, 5) is 12.5. The van der Waals surface area contributed by atoms with Crippen LogP contribution in [0.4, 0.5) is 26.3 Å². The SMILES string of the molecule is CCCc1cc(C(OCc2ccccc2)(C(F)(F)F)C(F)(F)F)ccc1Oc1ccc(C(=O)CBr)c(OCc2ccccc2)c1. The normalized spacial score (nSPS) is 12.2. The second kappa shape index (κ2) is 14.5. The average molecular weight is 695 g/mol. The van der Waals surface area contributed by atoms with Gasteiger partial charge in [-0.1, -0.05) is 96.0 Å². The van der Waals surface area contributed by atoms with Crippen molar-refractivity contribution >= 4 is 21.7 Å². The van der Waals surface area contributed by atoms with Gasteiger partial charge in [-0.15, -0.1) is 0 Å². The van der Waals surface area contributed by atoms with E-state index < -0.39 is 30.1 Å². The predicted octanol–water partition coefficient (Wildman–Crippen LogP) is 10.1. The van der Waals surface area contributed by atoms with Crippen LogP contribution in [0, 0.1) is 0 Å². The van der Waals surface area contributed by atoms with Gasteiger partial charge in [-0.2, -0.15) is 26.3 Å². The summed E-state index contributed by atoms with van der Waals surface area (Å²) in [5.74, 6) is 0.173. The van der Waals surface area contributed by atoms with Gasteiger partial charge < -0.3 is 14.2 Å². The first-order chi connectivity index (χ1) is 21.4. The van der Waals surface area contributed by atoms with Crippen LogP contribution in [0.5, 0.6) is 17.2 Å². The maximum Gasteiger partial charge on any atom is 0.430 e. The Balaban J connectivity index is 1.72. The second-order valence-corrected chi connectivity index (χ2v) is 10.7. The topological polar surface area (TPSA) is 44.8 Å². The van der Waals surface area contributed by atoms with E-state index in [4.69, 9.17) is 14.2 Å². The third-order valence-corrected chi connectivity index (χ3v) is 7.43. The van der Waals surface area contributed by atoms with Crippen molar-refractivity contribution in [1.29, 1.82) is 0 Å². The number of aryl methyl sites for hydroxylation is 1. The molecule has 0 heterocycles. The van der Waals surface area contributed by atoms with Crippen molar-refractivity contribution in [3.63, 3.8) is 0 Å². The van der Waals surface area contributed by atoms with Crippen LogP contribution in [0.15, 0.2) is 97.1 Å². The van der Waals surface area contributed by atoms with Crippen molar-refractivity contribution < 1.29 is 45.3 Å². The minimum absolute atomic E-state index is 0.0313. The summed E-state index contributed by atoms with van der Waals surface area (Å²) < 4.78 is 104. The maximum absolute atomic E-state index is 14.5. The van der Waals surface area contributed by atoms with E-state index in [1.54, 1.807) is 13.0 Å². The molecular weight excluding hydrogens is 666 g/mol. The summed E-state index contributed by atoms with van der Waals surface area (Å²) in [6.07, 6.45) is -11.2. The quantitative estimate of drug-likeness (QED) is 0.0794. The van der Waals surface area contributed by atoms with Crippen molar-refractivity contribution in [2.45, 2.75) is 50.9 Å². The number of ether oxygens (including phenoxy) is 3. The molecule has 0 aliphatic rings. The molecule has 0 spiro atoms. The molecule has 0 N–H and O–H groups in total. The number of alkyl halides is 7. The summed E-state index contributed by atoms with van der Waals surface area (Å²) in [7, 11) is 0. The van der Waals surface area contributed by atoms with Crippen molar-refractivity contribution in [2.75, 3.05) is 5.33 Å². The van der Waals surface area contributed by atoms with E-state index in [1.165, 1.54) is 42.5 Å². The van der Waals surface area contributed by atoms with Crippen LogP contribution < -0.4 is 9.47 Å². The van der Waals surface area contributed by atoms with Gasteiger partial charge in [0.15, 0.2) is 5.78 Å². The van der Waals surface area contributed by atoms with Gasteiger partial charge in [0, 0.05) is 11.6 Å². The molecule has 0 fully saturated rings. The lowest BCUT2D eigenvalue weighted by Crippen LogP contribution is -2.55. The zero-order chi connectivity index (χ0) is 32.7. The summed E-state index contributed by atoms with van der Waals surface area (Å²) in [6.45, 7) is 0.953. The van der Waals surface area contributed by atoms with E-state index in [0.717, 1.165) is 23.8 Å². The van der Waals surface area contributed by atoms with E-state index in [9.17, 15) is 31.1 Å². The minimum atomic E-state index is -5.84. The number of benzene rings is 4. The number of carbonyl (C=O) groups excluding carboxylic acids is 1. The molecule has 238 valence electrons. The highest BCUT2D eigenvalue weighted by Crippen LogP contribution is 2.54. The summed E-state index contributed by atoms with van der Waals surface area (Å²) in [5.41, 5.74) is -4.32. The molecule has 4 nitrogen and oxygen atoms in total. The van der Waals surface area contributed by atoms with Gasteiger partial charge in [-0.25, -0.2) is 0 Å². The molecule has 0 amide bonds. The molecule has 11 heteroatoms. The van der Waals surface area contributed by atoms with Crippen LogP contribution in [-0.2, 0) is 30.0 Å². The Morgan fingerprint density at radius 1 is 0.733 bits per heavy atom. The number of ketones is 1. The van der Waals surface area contributed by atoms with Crippen molar-refractivity contribution in [2.24, 2.45) is 0 Å². The van der Waals surface area contributed by atoms with Crippen LogP contribution in [-0.4, -0.2) is 23.5 Å². The Hall–Kier alpha value is -3.83. The van der Waals surface area contributed by atoms with Crippen molar-refractivity contribution in [3.05, 3.63) is 125 Å². The standard InChI is InChI=1S/C34H29BrF6O4/c1-2-9-25-18-26(32(33(36,37)38,34(39,40)41)44-22-24-12-7-4-8-13-24)14-17-30(25)45-27-15-16-28(29(42)20-35)31(19-27)43-21-23-10-5-3-6-11-23/h3-8,10-19H,2,9,20-22H2,1H3. The van der Waals surface area contributed by atoms with E-state index in [-0.39, 0.29) is 58.1 Å². The second-order valence-electron chi connectivity index (χ2n) is 10.1. The van der Waals surface area contributed by atoms with Gasteiger partial charge in [0.1, 0.15) is 23.9 Å². The van der Waals surface area contributed by atoms with E-state index in [2.05, 4.69) is 15.9 Å². The molecule has 4 rings (SSSR count). The Labute approximate surface area is 265 Å². The van der Waals surface area contributed by atoms with Gasteiger partial charge in [0.05, 0.1) is 17.5 Å². The number of halogens is 7. The van der Waals surface area contributed by atoms with Crippen LogP contribution in [0.2, 0.25) is 0 Å². The molecule has 0 unspecified atom stereocenters. The van der Waals surface area contributed by atoms with Gasteiger partial charge in [-0.05, 0) is 47.4 Å². The van der Waals surface area contributed by atoms with Gasteiger partial charge in [0.25, 0.3) is 5.60 Å². The lowest BCUT2D eigenvalue weighted by Gasteiger charge is -2.37. The molecule has 0 radical (unpaired) electrons. The number of rotatable bonds is 13. The molecule has 0 saturated carbocycles. The first kappa shape index (κ1) is 34.1. The molecule has 0 aliphatic heterocycles. The summed E-state index contributed by atoms with van der Waals surface area (Å²) >= 11 is 3.15. The predicted molar refractivity (Wildman–Crippen MR) is 161 cm³/mol. The molecule has 45 heavy (non-hydrogen) atoms. The van der Waals surface area contributed by atoms with Gasteiger partial charge >= 0.3 is 12.4 Å². The Morgan fingerprint density at radius 2 is 1.33 bits per heavy atom. The summed E-state index contributed by atoms with van der Waals surface area (Å²) in [6, 6.07) is 23.6. The molecule has 0 aromatic heterocycles. The van der Waals surface area contributed by atoms with E-state index in [1.807, 2.05) is 30.3 Å². The third kappa shape index (κ3) is 7.88. The lowest BCUT2D eigenvalue weighted by molar-refractivity contribution is -0.392. The third-order valence-electron chi connectivity index (χ3n) is 6.92. The van der Waals surface area contributed by atoms with E-state index in [0.29, 0.717) is 6.42 Å².